The maximum atomic E-state index is 12.7. The third-order valence-electron chi connectivity index (χ3n) is 1.88. The highest BCUT2D eigenvalue weighted by Crippen LogP contribution is 2.25. The van der Waals surface area contributed by atoms with Gasteiger partial charge in [0.1, 0.15) is 10.7 Å². The molecule has 2 rings (SSSR count). The van der Waals surface area contributed by atoms with Crippen molar-refractivity contribution in [3.05, 3.63) is 40.5 Å². The van der Waals surface area contributed by atoms with E-state index >= 15 is 0 Å². The van der Waals surface area contributed by atoms with Crippen molar-refractivity contribution in [1.82, 2.24) is 4.98 Å². The van der Waals surface area contributed by atoms with E-state index in [0.717, 1.165) is 11.3 Å². The fraction of sp³-hybridized carbons (Fsp3) is 0. The molecule has 5 heteroatoms. The number of hydrogen-bond donors (Lipinski definition) is 1. The number of halogens is 1. The van der Waals surface area contributed by atoms with Crippen LogP contribution in [0.1, 0.15) is 9.67 Å². The second kappa shape index (κ2) is 3.78. The standard InChI is InChI=1S/C10H6FNO2S/c11-7-3-1-6(2-4-7)8-9(10(13)14)15-5-12-8/h1-5H,(H,13,14). The van der Waals surface area contributed by atoms with Crippen molar-refractivity contribution in [2.24, 2.45) is 0 Å². The van der Waals surface area contributed by atoms with Crippen molar-refractivity contribution in [2.45, 2.75) is 0 Å². The lowest BCUT2D eigenvalue weighted by Gasteiger charge is -1.98. The van der Waals surface area contributed by atoms with Gasteiger partial charge in [0, 0.05) is 5.56 Å². The summed E-state index contributed by atoms with van der Waals surface area (Å²) >= 11 is 1.05. The van der Waals surface area contributed by atoms with Crippen LogP contribution >= 0.6 is 11.3 Å². The SMILES string of the molecule is O=C(O)c1scnc1-c1ccc(F)cc1. The molecule has 76 valence electrons. The Balaban J connectivity index is 2.49. The topological polar surface area (TPSA) is 50.2 Å². The van der Waals surface area contributed by atoms with Gasteiger partial charge in [-0.1, -0.05) is 0 Å². The van der Waals surface area contributed by atoms with Crippen LogP contribution in [0.3, 0.4) is 0 Å². The zero-order valence-electron chi connectivity index (χ0n) is 7.48. The van der Waals surface area contributed by atoms with E-state index in [1.54, 1.807) is 0 Å². The summed E-state index contributed by atoms with van der Waals surface area (Å²) in [5, 5.41) is 8.87. The first-order valence-corrected chi connectivity index (χ1v) is 4.99. The predicted molar refractivity (Wildman–Crippen MR) is 54.5 cm³/mol. The van der Waals surface area contributed by atoms with E-state index in [1.807, 2.05) is 0 Å². The summed E-state index contributed by atoms with van der Waals surface area (Å²) < 4.78 is 12.7. The lowest BCUT2D eigenvalue weighted by Crippen LogP contribution is -1.95. The van der Waals surface area contributed by atoms with Gasteiger partial charge in [0.2, 0.25) is 0 Å². The number of aromatic nitrogens is 1. The van der Waals surface area contributed by atoms with E-state index in [9.17, 15) is 9.18 Å². The minimum Gasteiger partial charge on any atom is -0.477 e. The first-order chi connectivity index (χ1) is 7.18. The first-order valence-electron chi connectivity index (χ1n) is 4.11. The van der Waals surface area contributed by atoms with E-state index in [4.69, 9.17) is 5.11 Å². The second-order valence-electron chi connectivity index (χ2n) is 2.84. The van der Waals surface area contributed by atoms with Crippen molar-refractivity contribution in [3.63, 3.8) is 0 Å². The highest BCUT2D eigenvalue weighted by Gasteiger charge is 2.14. The van der Waals surface area contributed by atoms with Crippen molar-refractivity contribution in [1.29, 1.82) is 0 Å². The Bertz CT molecular complexity index is 492. The Labute approximate surface area is 88.8 Å². The van der Waals surface area contributed by atoms with Crippen molar-refractivity contribution in [2.75, 3.05) is 0 Å². The molecule has 0 spiro atoms. The molecule has 0 unspecified atom stereocenters. The number of hydrogen-bond acceptors (Lipinski definition) is 3. The molecule has 0 aliphatic carbocycles. The molecule has 3 nitrogen and oxygen atoms in total. The van der Waals surface area contributed by atoms with Gasteiger partial charge in [-0.05, 0) is 24.3 Å². The van der Waals surface area contributed by atoms with Gasteiger partial charge >= 0.3 is 5.97 Å². The number of thiazole rings is 1. The summed E-state index contributed by atoms with van der Waals surface area (Å²) in [7, 11) is 0. The molecule has 1 N–H and O–H groups in total. The Morgan fingerprint density at radius 1 is 1.33 bits per heavy atom. The van der Waals surface area contributed by atoms with Crippen molar-refractivity contribution >= 4 is 17.3 Å². The maximum Gasteiger partial charge on any atom is 0.348 e. The number of carboxylic acids is 1. The second-order valence-corrected chi connectivity index (χ2v) is 3.70. The summed E-state index contributed by atoms with van der Waals surface area (Å²) in [5.74, 6) is -1.37. The Morgan fingerprint density at radius 3 is 2.60 bits per heavy atom. The lowest BCUT2D eigenvalue weighted by molar-refractivity contribution is 0.0702. The van der Waals surface area contributed by atoms with Gasteiger partial charge < -0.3 is 5.11 Å². The summed E-state index contributed by atoms with van der Waals surface area (Å²) in [6.07, 6.45) is 0. The predicted octanol–water partition coefficient (Wildman–Crippen LogP) is 2.65. The van der Waals surface area contributed by atoms with Crippen LogP contribution in [0.5, 0.6) is 0 Å². The van der Waals surface area contributed by atoms with Crippen LogP contribution in [0, 0.1) is 5.82 Å². The molecular weight excluding hydrogens is 217 g/mol. The molecule has 0 aliphatic rings. The van der Waals surface area contributed by atoms with E-state index in [-0.39, 0.29) is 10.7 Å². The zero-order chi connectivity index (χ0) is 10.8. The number of benzene rings is 1. The van der Waals surface area contributed by atoms with E-state index < -0.39 is 5.97 Å². The molecule has 15 heavy (non-hydrogen) atoms. The van der Waals surface area contributed by atoms with Crippen molar-refractivity contribution in [3.8, 4) is 11.3 Å². The molecule has 0 bridgehead atoms. The largest absolute Gasteiger partial charge is 0.477 e. The summed E-state index contributed by atoms with van der Waals surface area (Å²) in [6, 6.07) is 5.58. The minimum absolute atomic E-state index is 0.168. The fourth-order valence-corrected chi connectivity index (χ4v) is 1.86. The average molecular weight is 223 g/mol. The average Bonchev–Trinajstić information content (AvgIpc) is 2.67. The molecule has 0 fully saturated rings. The molecule has 0 atom stereocenters. The molecule has 0 radical (unpaired) electrons. The molecule has 1 aromatic carbocycles. The number of aromatic carboxylic acids is 1. The molecular formula is C10H6FNO2S. The molecule has 2 aromatic rings. The quantitative estimate of drug-likeness (QED) is 0.851. The van der Waals surface area contributed by atoms with Crippen molar-refractivity contribution < 1.29 is 14.3 Å². The number of carboxylic acid groups (broad SMARTS) is 1. The van der Waals surface area contributed by atoms with Gasteiger partial charge in [-0.3, -0.25) is 0 Å². The molecule has 0 saturated carbocycles. The molecule has 0 saturated heterocycles. The van der Waals surface area contributed by atoms with Crippen LogP contribution in [0.2, 0.25) is 0 Å². The Hall–Kier alpha value is -1.75. The summed E-state index contributed by atoms with van der Waals surface area (Å²) in [4.78, 5) is 14.9. The van der Waals surface area contributed by atoms with Crippen LogP contribution in [0.15, 0.2) is 29.8 Å². The molecule has 1 heterocycles. The fourth-order valence-electron chi connectivity index (χ4n) is 1.21. The first kappa shape index (κ1) is 9.79. The minimum atomic E-state index is -1.02. The van der Waals surface area contributed by atoms with E-state index in [0.29, 0.717) is 11.3 Å². The van der Waals surface area contributed by atoms with Gasteiger partial charge in [0.25, 0.3) is 0 Å². The maximum absolute atomic E-state index is 12.7. The van der Waals surface area contributed by atoms with Crippen LogP contribution in [-0.2, 0) is 0 Å². The Morgan fingerprint density at radius 2 is 2.00 bits per heavy atom. The summed E-state index contributed by atoms with van der Waals surface area (Å²) in [6.45, 7) is 0. The summed E-state index contributed by atoms with van der Waals surface area (Å²) in [5.41, 5.74) is 2.45. The van der Waals surface area contributed by atoms with E-state index in [2.05, 4.69) is 4.98 Å². The van der Waals surface area contributed by atoms with Gasteiger partial charge in [-0.15, -0.1) is 11.3 Å². The number of rotatable bonds is 2. The van der Waals surface area contributed by atoms with Crippen LogP contribution in [-0.4, -0.2) is 16.1 Å². The third-order valence-corrected chi connectivity index (χ3v) is 2.69. The zero-order valence-corrected chi connectivity index (χ0v) is 8.29. The van der Waals surface area contributed by atoms with Gasteiger partial charge in [-0.25, -0.2) is 14.2 Å². The van der Waals surface area contributed by atoms with Gasteiger partial charge in [-0.2, -0.15) is 0 Å². The van der Waals surface area contributed by atoms with Crippen LogP contribution in [0.25, 0.3) is 11.3 Å². The highest BCUT2D eigenvalue weighted by atomic mass is 32.1. The highest BCUT2D eigenvalue weighted by molar-refractivity contribution is 7.12. The molecule has 0 amide bonds. The number of nitrogens with zero attached hydrogens (tertiary/aromatic N) is 1. The number of carbonyl (C=O) groups is 1. The molecule has 1 aromatic heterocycles. The Kier molecular flexibility index (Phi) is 2.47. The van der Waals surface area contributed by atoms with Crippen LogP contribution in [0.4, 0.5) is 4.39 Å². The van der Waals surface area contributed by atoms with E-state index in [1.165, 1.54) is 29.8 Å². The van der Waals surface area contributed by atoms with Gasteiger partial charge in [0.05, 0.1) is 11.2 Å². The lowest BCUT2D eigenvalue weighted by atomic mass is 10.1. The third kappa shape index (κ3) is 1.87. The van der Waals surface area contributed by atoms with Crippen LogP contribution < -0.4 is 0 Å². The normalized spacial score (nSPS) is 10.2. The molecule has 0 aliphatic heterocycles. The monoisotopic (exact) mass is 223 g/mol. The smallest absolute Gasteiger partial charge is 0.348 e. The van der Waals surface area contributed by atoms with Gasteiger partial charge in [0.15, 0.2) is 0 Å².